The third-order valence-corrected chi connectivity index (χ3v) is 4.12. The molecule has 28 heavy (non-hydrogen) atoms. The maximum atomic E-state index is 12.3. The smallest absolute Gasteiger partial charge is 0.250 e. The molecule has 2 N–H and O–H groups in total. The maximum Gasteiger partial charge on any atom is 0.250 e. The van der Waals surface area contributed by atoms with Gasteiger partial charge in [-0.15, -0.1) is 0 Å². The Kier molecular flexibility index (Phi) is 6.24. The van der Waals surface area contributed by atoms with Gasteiger partial charge in [-0.25, -0.2) is 0 Å². The van der Waals surface area contributed by atoms with Crippen LogP contribution in [-0.2, 0) is 20.7 Å². The number of hydrogen-bond donors (Lipinski definition) is 2. The number of rotatable bonds is 7. The Morgan fingerprint density at radius 2 is 1.82 bits per heavy atom. The molecule has 3 aromatic rings. The van der Waals surface area contributed by atoms with Crippen molar-refractivity contribution in [3.05, 3.63) is 65.9 Å². The Hall–Kier alpha value is -3.38. The first-order chi connectivity index (χ1) is 13.6. The van der Waals surface area contributed by atoms with Crippen LogP contribution in [0.2, 0.25) is 0 Å². The number of anilines is 2. The standard InChI is InChI=1S/C22H22N2O4/c1-3-19-18(17-9-4-5-10-20(17)28-19)11-12-21(25)23-15-7-6-8-16(13-15)24-22(26)14-27-2/h4-13H,3,14H2,1-2H3,(H,23,25)(H,24,26)/b12-11+. The molecule has 1 aromatic heterocycles. The van der Waals surface area contributed by atoms with E-state index in [-0.39, 0.29) is 18.4 Å². The van der Waals surface area contributed by atoms with E-state index in [4.69, 9.17) is 9.15 Å². The zero-order chi connectivity index (χ0) is 19.9. The molecular formula is C22H22N2O4. The summed E-state index contributed by atoms with van der Waals surface area (Å²) in [4.78, 5) is 23.9. The number of carbonyl (C=O) groups excluding carboxylic acids is 2. The maximum absolute atomic E-state index is 12.3. The van der Waals surface area contributed by atoms with Crippen molar-refractivity contribution in [2.75, 3.05) is 24.4 Å². The fourth-order valence-corrected chi connectivity index (χ4v) is 2.91. The Labute approximate surface area is 163 Å². The van der Waals surface area contributed by atoms with Crippen LogP contribution in [0.25, 0.3) is 17.0 Å². The number of nitrogens with one attached hydrogen (secondary N) is 2. The highest BCUT2D eigenvalue weighted by Crippen LogP contribution is 2.27. The van der Waals surface area contributed by atoms with Crippen LogP contribution in [0.1, 0.15) is 18.2 Å². The lowest BCUT2D eigenvalue weighted by Crippen LogP contribution is -2.17. The first kappa shape index (κ1) is 19.4. The fourth-order valence-electron chi connectivity index (χ4n) is 2.91. The van der Waals surface area contributed by atoms with E-state index < -0.39 is 0 Å². The first-order valence-corrected chi connectivity index (χ1v) is 8.99. The molecule has 0 atom stereocenters. The van der Waals surface area contributed by atoms with Crippen molar-refractivity contribution in [2.45, 2.75) is 13.3 Å². The van der Waals surface area contributed by atoms with Crippen molar-refractivity contribution in [2.24, 2.45) is 0 Å². The monoisotopic (exact) mass is 378 g/mol. The number of hydrogen-bond acceptors (Lipinski definition) is 4. The van der Waals surface area contributed by atoms with Crippen molar-refractivity contribution in [3.63, 3.8) is 0 Å². The molecular weight excluding hydrogens is 356 g/mol. The molecule has 2 aromatic carbocycles. The molecule has 6 nitrogen and oxygen atoms in total. The van der Waals surface area contributed by atoms with Gasteiger partial charge < -0.3 is 19.8 Å². The molecule has 6 heteroatoms. The summed E-state index contributed by atoms with van der Waals surface area (Å²) in [5.74, 6) is 0.311. The number of ether oxygens (including phenoxy) is 1. The molecule has 0 saturated heterocycles. The van der Waals surface area contributed by atoms with Crippen molar-refractivity contribution in [1.82, 2.24) is 0 Å². The number of carbonyl (C=O) groups is 2. The van der Waals surface area contributed by atoms with Gasteiger partial charge in [-0.05, 0) is 30.3 Å². The average Bonchev–Trinajstić information content (AvgIpc) is 3.04. The van der Waals surface area contributed by atoms with Gasteiger partial charge in [0.15, 0.2) is 0 Å². The van der Waals surface area contributed by atoms with E-state index in [2.05, 4.69) is 10.6 Å². The Balaban J connectivity index is 1.72. The van der Waals surface area contributed by atoms with Crippen LogP contribution in [0, 0.1) is 0 Å². The lowest BCUT2D eigenvalue weighted by atomic mass is 10.1. The van der Waals surface area contributed by atoms with Crippen LogP contribution < -0.4 is 10.6 Å². The summed E-state index contributed by atoms with van der Waals surface area (Å²) >= 11 is 0. The molecule has 0 unspecified atom stereocenters. The SMILES string of the molecule is CCc1oc2ccccc2c1/C=C/C(=O)Nc1cccc(NC(=O)COC)c1. The number of furan rings is 1. The van der Waals surface area contributed by atoms with Crippen LogP contribution in [-0.4, -0.2) is 25.5 Å². The average molecular weight is 378 g/mol. The number of amides is 2. The minimum atomic E-state index is -0.271. The molecule has 0 fully saturated rings. The number of para-hydroxylation sites is 1. The molecule has 0 radical (unpaired) electrons. The van der Waals surface area contributed by atoms with Crippen molar-refractivity contribution < 1.29 is 18.7 Å². The van der Waals surface area contributed by atoms with E-state index in [9.17, 15) is 9.59 Å². The normalized spacial score (nSPS) is 11.1. The summed E-state index contributed by atoms with van der Waals surface area (Å²) in [6.45, 7) is 1.98. The first-order valence-electron chi connectivity index (χ1n) is 8.99. The summed E-state index contributed by atoms with van der Waals surface area (Å²) in [7, 11) is 1.45. The van der Waals surface area contributed by atoms with Gasteiger partial charge in [0.1, 0.15) is 18.0 Å². The zero-order valence-corrected chi connectivity index (χ0v) is 15.8. The number of benzene rings is 2. The molecule has 0 spiro atoms. The lowest BCUT2D eigenvalue weighted by molar-refractivity contribution is -0.119. The van der Waals surface area contributed by atoms with Gasteiger partial charge >= 0.3 is 0 Å². The summed E-state index contributed by atoms with van der Waals surface area (Å²) < 4.78 is 10.6. The Morgan fingerprint density at radius 1 is 1.07 bits per heavy atom. The van der Waals surface area contributed by atoms with Crippen LogP contribution in [0.15, 0.2) is 59.0 Å². The molecule has 2 amide bonds. The molecule has 0 aliphatic carbocycles. The highest BCUT2D eigenvalue weighted by atomic mass is 16.5. The summed E-state index contributed by atoms with van der Waals surface area (Å²) in [5, 5.41) is 6.48. The highest BCUT2D eigenvalue weighted by molar-refractivity contribution is 6.04. The predicted molar refractivity (Wildman–Crippen MR) is 110 cm³/mol. The summed E-state index contributed by atoms with van der Waals surface area (Å²) in [6, 6.07) is 14.7. The minimum absolute atomic E-state index is 0.0300. The molecule has 0 saturated carbocycles. The van der Waals surface area contributed by atoms with Crippen LogP contribution >= 0.6 is 0 Å². The molecule has 3 rings (SSSR count). The third kappa shape index (κ3) is 4.66. The number of aryl methyl sites for hydroxylation is 1. The second-order valence-electron chi connectivity index (χ2n) is 6.17. The van der Waals surface area contributed by atoms with Gasteiger partial charge in [-0.2, -0.15) is 0 Å². The van der Waals surface area contributed by atoms with E-state index in [0.717, 1.165) is 28.7 Å². The van der Waals surface area contributed by atoms with Crippen molar-refractivity contribution >= 4 is 40.2 Å². The van der Waals surface area contributed by atoms with Gasteiger partial charge in [-0.1, -0.05) is 31.2 Å². The molecule has 0 bridgehead atoms. The van der Waals surface area contributed by atoms with Crippen molar-refractivity contribution in [1.29, 1.82) is 0 Å². The molecule has 0 aliphatic rings. The molecule has 144 valence electrons. The van der Waals surface area contributed by atoms with E-state index in [1.807, 2.05) is 31.2 Å². The van der Waals surface area contributed by atoms with E-state index in [1.54, 1.807) is 30.3 Å². The van der Waals surface area contributed by atoms with Gasteiger partial charge in [0.25, 0.3) is 0 Å². The Bertz CT molecular complexity index is 1020. The second-order valence-corrected chi connectivity index (χ2v) is 6.17. The topological polar surface area (TPSA) is 80.6 Å². The van der Waals surface area contributed by atoms with Gasteiger partial charge in [0.2, 0.25) is 11.8 Å². The number of fused-ring (bicyclic) bond motifs is 1. The van der Waals surface area contributed by atoms with Gasteiger partial charge in [0.05, 0.1) is 0 Å². The second kappa shape index (κ2) is 9.01. The highest BCUT2D eigenvalue weighted by Gasteiger charge is 2.10. The van der Waals surface area contributed by atoms with E-state index in [0.29, 0.717) is 11.4 Å². The predicted octanol–water partition coefficient (Wildman–Crippen LogP) is 4.23. The third-order valence-electron chi connectivity index (χ3n) is 4.12. The summed E-state index contributed by atoms with van der Waals surface area (Å²) in [5.41, 5.74) is 2.88. The van der Waals surface area contributed by atoms with Crippen molar-refractivity contribution in [3.8, 4) is 0 Å². The zero-order valence-electron chi connectivity index (χ0n) is 15.8. The fraction of sp³-hybridized carbons (Fsp3) is 0.182. The lowest BCUT2D eigenvalue weighted by Gasteiger charge is -2.07. The van der Waals surface area contributed by atoms with E-state index in [1.165, 1.54) is 13.2 Å². The Morgan fingerprint density at radius 3 is 2.57 bits per heavy atom. The van der Waals surface area contributed by atoms with Crippen LogP contribution in [0.4, 0.5) is 11.4 Å². The summed E-state index contributed by atoms with van der Waals surface area (Å²) in [6.07, 6.45) is 3.98. The number of methoxy groups -OCH3 is 1. The van der Waals surface area contributed by atoms with Crippen LogP contribution in [0.5, 0.6) is 0 Å². The largest absolute Gasteiger partial charge is 0.460 e. The minimum Gasteiger partial charge on any atom is -0.460 e. The van der Waals surface area contributed by atoms with E-state index >= 15 is 0 Å². The van der Waals surface area contributed by atoms with Gasteiger partial charge in [0, 0.05) is 41.9 Å². The molecule has 1 heterocycles. The quantitative estimate of drug-likeness (QED) is 0.603. The van der Waals surface area contributed by atoms with Crippen LogP contribution in [0.3, 0.4) is 0 Å². The molecule has 0 aliphatic heterocycles. The van der Waals surface area contributed by atoms with Gasteiger partial charge in [-0.3, -0.25) is 9.59 Å².